The van der Waals surface area contributed by atoms with E-state index in [1.807, 2.05) is 0 Å². The molecule has 0 radical (unpaired) electrons. The van der Waals surface area contributed by atoms with Crippen LogP contribution in [0.4, 0.5) is 0 Å². The maximum atomic E-state index is 4.21. The summed E-state index contributed by atoms with van der Waals surface area (Å²) in [5.41, 5.74) is 2.12. The van der Waals surface area contributed by atoms with Crippen LogP contribution in [-0.4, -0.2) is 14.7 Å². The normalized spacial score (nSPS) is 6.40. The van der Waals surface area contributed by atoms with E-state index in [1.165, 1.54) is 7.11 Å². The second-order valence-corrected chi connectivity index (χ2v) is 0.454. The zero-order chi connectivity index (χ0) is 4.12. The molecular weight excluding hydrogens is 66.8 g/mol. The summed E-state index contributed by atoms with van der Waals surface area (Å²) >= 11 is 0. The molecule has 0 bridgehead atoms. The predicted octanol–water partition coefficient (Wildman–Crippen LogP) is -0.863. The van der Waals surface area contributed by atoms with Crippen LogP contribution < -0.4 is 5.59 Å². The van der Waals surface area contributed by atoms with Gasteiger partial charge in [-0.1, -0.05) is 0 Å². The van der Waals surface area contributed by atoms with Gasteiger partial charge in [-0.15, -0.1) is 0 Å². The fourth-order valence-electron chi connectivity index (χ4n) is 0.0645. The molecule has 0 aliphatic heterocycles. The first-order valence-corrected chi connectivity index (χ1v) is 1.15. The summed E-state index contributed by atoms with van der Waals surface area (Å²) in [7, 11) is 4.53. The number of nitrogens with zero attached hydrogens (tertiary/aromatic N) is 1. The molecule has 1 N–H and O–H groups in total. The fourth-order valence-corrected chi connectivity index (χ4v) is 0.0645. The van der Waals surface area contributed by atoms with Crippen LogP contribution in [0.1, 0.15) is 0 Å². The van der Waals surface area contributed by atoms with Gasteiger partial charge in [-0.05, 0) is 0 Å². The van der Waals surface area contributed by atoms with E-state index in [-0.39, 0.29) is 0 Å². The molecule has 5 heavy (non-hydrogen) atoms. The summed E-state index contributed by atoms with van der Waals surface area (Å²) in [6, 6.07) is 0. The molecule has 0 saturated carbocycles. The van der Waals surface area contributed by atoms with E-state index in [2.05, 4.69) is 23.1 Å². The summed E-state index contributed by atoms with van der Waals surface area (Å²) < 4.78 is 0. The number of rotatable bonds is 2. The summed E-state index contributed by atoms with van der Waals surface area (Å²) in [5, 5.41) is 3.13. The molecule has 0 heterocycles. The third-order valence-corrected chi connectivity index (χ3v) is 0.156. The van der Waals surface area contributed by atoms with Crippen molar-refractivity contribution in [2.75, 3.05) is 7.11 Å². The molecule has 0 atom stereocenters. The van der Waals surface area contributed by atoms with Gasteiger partial charge in [-0.3, -0.25) is 0 Å². The van der Waals surface area contributed by atoms with Crippen molar-refractivity contribution in [3.05, 3.63) is 0 Å². The summed E-state index contributed by atoms with van der Waals surface area (Å²) in [4.78, 5) is 4.21. The Bertz CT molecular complexity index is 30.8. The Kier molecular flexibility index (Phi) is 3.35. The van der Waals surface area contributed by atoms with Crippen molar-refractivity contribution in [3.63, 3.8) is 0 Å². The number of hydrogen-bond donors (Lipinski definition) is 1. The first-order chi connectivity index (χ1) is 2.41. The second-order valence-electron chi connectivity index (χ2n) is 0.454. The van der Waals surface area contributed by atoms with E-state index in [0.717, 1.165) is 0 Å². The van der Waals surface area contributed by atoms with Gasteiger partial charge < -0.3 is 0 Å². The molecule has 28 valence electrons. The third-order valence-electron chi connectivity index (χ3n) is 0.156. The van der Waals surface area contributed by atoms with E-state index in [0.29, 0.717) is 0 Å². The maximum absolute atomic E-state index is 4.21. The molecular formula is CH5BN2O. The first-order valence-electron chi connectivity index (χ1n) is 1.15. The van der Waals surface area contributed by atoms with Crippen molar-refractivity contribution in [1.82, 2.24) is 5.59 Å². The van der Waals surface area contributed by atoms with E-state index in [9.17, 15) is 0 Å². The molecule has 0 amide bonds. The molecule has 4 heteroatoms. The van der Waals surface area contributed by atoms with Gasteiger partial charge in [-0.25, -0.2) is 0 Å². The quantitative estimate of drug-likeness (QED) is 0.340. The Morgan fingerprint density at radius 1 is 2.00 bits per heavy atom. The Balaban J connectivity index is 2.40. The average Bonchev–Trinajstić information content (AvgIpc) is 1.41. The van der Waals surface area contributed by atoms with Crippen LogP contribution in [0.25, 0.3) is 0 Å². The van der Waals surface area contributed by atoms with Crippen LogP contribution in [0.15, 0.2) is 5.00 Å². The minimum absolute atomic E-state index is 1.47. The standard InChI is InChI=1S/CH5BN2O/c1-5-4-3-2/h2,4H,1H3. The average molecular weight is 71.9 g/mol. The number of hydrogen-bond acceptors (Lipinski definition) is 3. The zero-order valence-corrected chi connectivity index (χ0v) is 3.06. The first kappa shape index (κ1) is 4.62. The van der Waals surface area contributed by atoms with Crippen molar-refractivity contribution < 1.29 is 4.84 Å². The molecule has 0 aliphatic carbocycles. The van der Waals surface area contributed by atoms with Gasteiger partial charge in [0.25, 0.3) is 0 Å². The molecule has 0 aromatic heterocycles. The molecule has 0 aromatic rings. The van der Waals surface area contributed by atoms with Crippen LogP contribution in [0.2, 0.25) is 0 Å². The fraction of sp³-hybridized carbons (Fsp3) is 1.00. The monoisotopic (exact) mass is 72.0 g/mol. The predicted molar refractivity (Wildman–Crippen MR) is 19.7 cm³/mol. The van der Waals surface area contributed by atoms with E-state index >= 15 is 0 Å². The van der Waals surface area contributed by atoms with Gasteiger partial charge in [0.2, 0.25) is 0 Å². The minimum atomic E-state index is 1.47. The Hall–Kier alpha value is -0.375. The van der Waals surface area contributed by atoms with Gasteiger partial charge >= 0.3 is 30.2 Å². The van der Waals surface area contributed by atoms with Crippen LogP contribution in [0, 0.1) is 0 Å². The van der Waals surface area contributed by atoms with Gasteiger partial charge in [0.05, 0.1) is 0 Å². The summed E-state index contributed by atoms with van der Waals surface area (Å²) in [5.74, 6) is 0. The SMILES string of the molecule is B=NNOC. The van der Waals surface area contributed by atoms with Gasteiger partial charge in [0.15, 0.2) is 0 Å². The van der Waals surface area contributed by atoms with Crippen LogP contribution in [0.3, 0.4) is 0 Å². The van der Waals surface area contributed by atoms with Gasteiger partial charge in [0, 0.05) is 0 Å². The molecule has 0 rings (SSSR count). The van der Waals surface area contributed by atoms with Crippen molar-refractivity contribution in [2.24, 2.45) is 5.00 Å². The van der Waals surface area contributed by atoms with Crippen LogP contribution >= 0.6 is 0 Å². The molecule has 0 spiro atoms. The summed E-state index contributed by atoms with van der Waals surface area (Å²) in [6.07, 6.45) is 0. The molecule has 0 saturated heterocycles. The van der Waals surface area contributed by atoms with Crippen LogP contribution in [-0.2, 0) is 4.84 Å². The molecule has 0 unspecified atom stereocenters. The molecule has 0 aromatic carbocycles. The van der Waals surface area contributed by atoms with Gasteiger partial charge in [0.1, 0.15) is 0 Å². The summed E-state index contributed by atoms with van der Waals surface area (Å²) in [6.45, 7) is 0. The van der Waals surface area contributed by atoms with E-state index in [1.54, 1.807) is 0 Å². The van der Waals surface area contributed by atoms with Crippen molar-refractivity contribution >= 4 is 7.64 Å². The molecule has 0 fully saturated rings. The Labute approximate surface area is 31.4 Å². The number of nitrogens with one attached hydrogen (secondary N) is 1. The van der Waals surface area contributed by atoms with Crippen molar-refractivity contribution in [3.8, 4) is 0 Å². The van der Waals surface area contributed by atoms with Gasteiger partial charge in [-0.2, -0.15) is 0 Å². The van der Waals surface area contributed by atoms with E-state index < -0.39 is 0 Å². The zero-order valence-electron chi connectivity index (χ0n) is 3.06. The van der Waals surface area contributed by atoms with Crippen LogP contribution in [0.5, 0.6) is 0 Å². The molecule has 0 aliphatic rings. The van der Waals surface area contributed by atoms with E-state index in [4.69, 9.17) is 0 Å². The van der Waals surface area contributed by atoms with Crippen molar-refractivity contribution in [2.45, 2.75) is 0 Å². The topological polar surface area (TPSA) is 33.6 Å². The molecule has 3 nitrogen and oxygen atoms in total. The Morgan fingerprint density at radius 3 is 2.60 bits per heavy atom. The van der Waals surface area contributed by atoms with Crippen molar-refractivity contribution in [1.29, 1.82) is 0 Å². The second kappa shape index (κ2) is 3.62. The third kappa shape index (κ3) is 3.62. The Morgan fingerprint density at radius 2 is 2.60 bits per heavy atom.